The van der Waals surface area contributed by atoms with Crippen LogP contribution in [0.3, 0.4) is 0 Å². The summed E-state index contributed by atoms with van der Waals surface area (Å²) in [6, 6.07) is 13.3. The molecule has 0 unspecified atom stereocenters. The molecule has 0 radical (unpaired) electrons. The second-order valence-corrected chi connectivity index (χ2v) is 8.06. The minimum atomic E-state index is -0.329. The first kappa shape index (κ1) is 20.2. The van der Waals surface area contributed by atoms with Crippen LogP contribution in [-0.4, -0.2) is 43.2 Å². The summed E-state index contributed by atoms with van der Waals surface area (Å²) < 4.78 is 21.7. The Hall–Kier alpha value is -3.75. The molecule has 1 aliphatic rings. The van der Waals surface area contributed by atoms with Gasteiger partial charge in [0.1, 0.15) is 12.4 Å². The van der Waals surface area contributed by atoms with E-state index in [9.17, 15) is 14.0 Å². The number of nitrogens with zero attached hydrogens (tertiary/aromatic N) is 5. The molecule has 0 saturated carbocycles. The van der Waals surface area contributed by atoms with E-state index < -0.39 is 0 Å². The van der Waals surface area contributed by atoms with Crippen molar-refractivity contribution < 1.29 is 13.7 Å². The first-order valence-corrected chi connectivity index (χ1v) is 10.5. The fourth-order valence-corrected chi connectivity index (χ4v) is 4.27. The predicted molar refractivity (Wildman–Crippen MR) is 115 cm³/mol. The predicted octanol–water partition coefficient (Wildman–Crippen LogP) is 2.94. The molecule has 0 aliphatic carbocycles. The molecule has 5 rings (SSSR count). The maximum atomic E-state index is 13.2. The molecule has 1 atom stereocenters. The van der Waals surface area contributed by atoms with Crippen LogP contribution < -0.4 is 5.69 Å². The number of piperidine rings is 1. The van der Waals surface area contributed by atoms with Gasteiger partial charge in [-0.2, -0.15) is 4.98 Å². The topological polar surface area (TPSA) is 86.2 Å². The largest absolute Gasteiger partial charge is 0.340 e. The highest BCUT2D eigenvalue weighted by atomic mass is 19.1. The van der Waals surface area contributed by atoms with Gasteiger partial charge in [0.15, 0.2) is 0 Å². The molecule has 0 bridgehead atoms. The summed E-state index contributed by atoms with van der Waals surface area (Å²) in [6.07, 6.45) is 1.62. The van der Waals surface area contributed by atoms with Crippen LogP contribution in [0.4, 0.5) is 4.39 Å². The molecule has 9 heteroatoms. The van der Waals surface area contributed by atoms with Crippen LogP contribution in [0.2, 0.25) is 0 Å². The summed E-state index contributed by atoms with van der Waals surface area (Å²) in [6.45, 7) is 1.05. The van der Waals surface area contributed by atoms with Crippen LogP contribution in [0.5, 0.6) is 0 Å². The van der Waals surface area contributed by atoms with E-state index in [4.69, 9.17) is 4.52 Å². The van der Waals surface area contributed by atoms with Crippen LogP contribution in [0.15, 0.2) is 57.8 Å². The summed E-state index contributed by atoms with van der Waals surface area (Å²) in [7, 11) is 1.71. The molecule has 1 fully saturated rings. The number of carbonyl (C=O) groups is 1. The number of hydrogen-bond acceptors (Lipinski definition) is 5. The molecule has 4 aromatic rings. The van der Waals surface area contributed by atoms with Crippen molar-refractivity contribution in [2.24, 2.45) is 7.05 Å². The zero-order valence-electron chi connectivity index (χ0n) is 17.6. The second-order valence-electron chi connectivity index (χ2n) is 8.06. The van der Waals surface area contributed by atoms with Crippen molar-refractivity contribution in [3.63, 3.8) is 0 Å². The third-order valence-corrected chi connectivity index (χ3v) is 6.01. The minimum absolute atomic E-state index is 0.0163. The fraction of sp³-hybridized carbons (Fsp3) is 0.304. The fourth-order valence-electron chi connectivity index (χ4n) is 4.27. The summed E-state index contributed by atoms with van der Waals surface area (Å²) in [5.41, 5.74) is 1.98. The zero-order valence-corrected chi connectivity index (χ0v) is 17.6. The van der Waals surface area contributed by atoms with Crippen molar-refractivity contribution in [1.82, 2.24) is 24.2 Å². The molecule has 1 saturated heterocycles. The maximum Gasteiger partial charge on any atom is 0.329 e. The van der Waals surface area contributed by atoms with Gasteiger partial charge < -0.3 is 9.42 Å². The van der Waals surface area contributed by atoms with Crippen molar-refractivity contribution in [2.75, 3.05) is 13.1 Å². The smallest absolute Gasteiger partial charge is 0.329 e. The Morgan fingerprint density at radius 1 is 1.16 bits per heavy atom. The van der Waals surface area contributed by atoms with Crippen LogP contribution in [0, 0.1) is 5.82 Å². The molecule has 32 heavy (non-hydrogen) atoms. The van der Waals surface area contributed by atoms with Crippen LogP contribution >= 0.6 is 0 Å². The van der Waals surface area contributed by atoms with E-state index >= 15 is 0 Å². The van der Waals surface area contributed by atoms with Gasteiger partial charge in [-0.3, -0.25) is 13.9 Å². The quantitative estimate of drug-likeness (QED) is 0.492. The number of para-hydroxylation sites is 2. The van der Waals surface area contributed by atoms with E-state index in [0.717, 1.165) is 23.9 Å². The molecule has 2 aromatic carbocycles. The van der Waals surface area contributed by atoms with Crippen molar-refractivity contribution in [3.8, 4) is 11.4 Å². The van der Waals surface area contributed by atoms with Gasteiger partial charge in [-0.1, -0.05) is 17.3 Å². The van der Waals surface area contributed by atoms with Crippen molar-refractivity contribution >= 4 is 16.9 Å². The van der Waals surface area contributed by atoms with Crippen molar-refractivity contribution in [2.45, 2.75) is 25.3 Å². The van der Waals surface area contributed by atoms with Gasteiger partial charge in [0, 0.05) is 25.7 Å². The molecule has 164 valence electrons. The van der Waals surface area contributed by atoms with Crippen LogP contribution in [-0.2, 0) is 18.4 Å². The van der Waals surface area contributed by atoms with Crippen LogP contribution in [0.1, 0.15) is 24.7 Å². The molecular weight excluding hydrogens is 413 g/mol. The number of rotatable bonds is 4. The number of imidazole rings is 1. The number of halogens is 1. The van der Waals surface area contributed by atoms with Crippen LogP contribution in [0.25, 0.3) is 22.4 Å². The van der Waals surface area contributed by atoms with Gasteiger partial charge in [0.2, 0.25) is 17.6 Å². The lowest BCUT2D eigenvalue weighted by atomic mass is 9.98. The molecular formula is C23H22FN5O3. The molecule has 0 N–H and O–H groups in total. The van der Waals surface area contributed by atoms with Gasteiger partial charge in [0.05, 0.1) is 17.0 Å². The van der Waals surface area contributed by atoms with Crippen molar-refractivity contribution in [3.05, 3.63) is 70.7 Å². The van der Waals surface area contributed by atoms with E-state index in [-0.39, 0.29) is 29.9 Å². The second kappa shape index (κ2) is 8.07. The molecule has 1 amide bonds. The molecule has 1 aliphatic heterocycles. The lowest BCUT2D eigenvalue weighted by Gasteiger charge is -2.31. The van der Waals surface area contributed by atoms with Gasteiger partial charge in [-0.15, -0.1) is 0 Å². The van der Waals surface area contributed by atoms with Crippen molar-refractivity contribution in [1.29, 1.82) is 0 Å². The van der Waals surface area contributed by atoms with E-state index in [1.807, 2.05) is 24.3 Å². The molecule has 0 spiro atoms. The van der Waals surface area contributed by atoms with Gasteiger partial charge in [-0.25, -0.2) is 9.18 Å². The number of likely N-dealkylation sites (tertiary alicyclic amines) is 1. The Balaban J connectivity index is 1.33. The third kappa shape index (κ3) is 3.59. The third-order valence-electron chi connectivity index (χ3n) is 6.01. The number of aryl methyl sites for hydroxylation is 1. The SMILES string of the molecule is Cn1c(=O)n(CC(=O)N2CCC[C@H](c3nc(-c4ccc(F)cc4)no3)C2)c2ccccc21. The lowest BCUT2D eigenvalue weighted by Crippen LogP contribution is -2.42. The van der Waals surface area contributed by atoms with Gasteiger partial charge in [-0.05, 0) is 49.2 Å². The van der Waals surface area contributed by atoms with E-state index in [2.05, 4.69) is 10.1 Å². The highest BCUT2D eigenvalue weighted by Crippen LogP contribution is 2.28. The first-order chi connectivity index (χ1) is 15.5. The number of hydrogen-bond donors (Lipinski definition) is 0. The first-order valence-electron chi connectivity index (χ1n) is 10.5. The number of aromatic nitrogens is 4. The van der Waals surface area contributed by atoms with E-state index in [1.165, 1.54) is 16.7 Å². The van der Waals surface area contributed by atoms with Gasteiger partial charge >= 0.3 is 5.69 Å². The Labute approximate surface area is 182 Å². The summed E-state index contributed by atoms with van der Waals surface area (Å²) in [4.78, 5) is 31.9. The molecule has 8 nitrogen and oxygen atoms in total. The number of carbonyl (C=O) groups excluding carboxylic acids is 1. The summed E-state index contributed by atoms with van der Waals surface area (Å²) in [5.74, 6) is 0.323. The average molecular weight is 435 g/mol. The Bertz CT molecular complexity index is 1340. The number of benzene rings is 2. The number of amides is 1. The highest BCUT2D eigenvalue weighted by Gasteiger charge is 2.29. The van der Waals surface area contributed by atoms with Gasteiger partial charge in [0.25, 0.3) is 0 Å². The highest BCUT2D eigenvalue weighted by molar-refractivity contribution is 5.81. The normalized spacial score (nSPS) is 16.6. The Kier molecular flexibility index (Phi) is 5.08. The minimum Gasteiger partial charge on any atom is -0.340 e. The zero-order chi connectivity index (χ0) is 22.2. The monoisotopic (exact) mass is 435 g/mol. The Morgan fingerprint density at radius 2 is 1.91 bits per heavy atom. The van der Waals surface area contributed by atoms with E-state index in [0.29, 0.717) is 30.4 Å². The summed E-state index contributed by atoms with van der Waals surface area (Å²) in [5, 5.41) is 4.02. The lowest BCUT2D eigenvalue weighted by molar-refractivity contribution is -0.133. The molecule has 2 aromatic heterocycles. The maximum absolute atomic E-state index is 13.2. The average Bonchev–Trinajstić information content (AvgIpc) is 3.40. The van der Waals surface area contributed by atoms with E-state index in [1.54, 1.807) is 28.6 Å². The standard InChI is InChI=1S/C23H22FN5O3/c1-27-18-6-2-3-7-19(18)29(23(27)31)14-20(30)28-12-4-5-16(13-28)22-25-21(26-32-22)15-8-10-17(24)11-9-15/h2-3,6-11,16H,4-5,12-14H2,1H3/t16-/m0/s1. The number of fused-ring (bicyclic) bond motifs is 1. The molecule has 3 heterocycles. The summed E-state index contributed by atoms with van der Waals surface area (Å²) >= 11 is 0. The Morgan fingerprint density at radius 3 is 2.69 bits per heavy atom.